The molecule has 2 aromatic heterocycles. The highest BCUT2D eigenvalue weighted by Gasteiger charge is 2.26. The lowest BCUT2D eigenvalue weighted by molar-refractivity contribution is 0.541. The van der Waals surface area contributed by atoms with Gasteiger partial charge in [-0.25, -0.2) is 19.9 Å². The fourth-order valence-electron chi connectivity index (χ4n) is 2.67. The van der Waals surface area contributed by atoms with E-state index in [2.05, 4.69) is 47.5 Å². The Bertz CT molecular complexity index is 703. The third-order valence-electron chi connectivity index (χ3n) is 3.97. The van der Waals surface area contributed by atoms with Crippen molar-refractivity contribution in [2.75, 3.05) is 4.90 Å². The Morgan fingerprint density at radius 1 is 1.09 bits per heavy atom. The molecule has 0 atom stereocenters. The Hall–Kier alpha value is -2.04. The van der Waals surface area contributed by atoms with Gasteiger partial charge in [-0.1, -0.05) is 27.7 Å². The molecular weight excluding hydrogens is 274 g/mol. The van der Waals surface area contributed by atoms with Gasteiger partial charge in [0.05, 0.1) is 12.2 Å². The van der Waals surface area contributed by atoms with Crippen LogP contribution in [0.15, 0.2) is 12.4 Å². The Morgan fingerprint density at radius 2 is 1.86 bits per heavy atom. The molecule has 0 N–H and O–H groups in total. The smallest absolute Gasteiger partial charge is 0.136 e. The lowest BCUT2D eigenvalue weighted by Gasteiger charge is -2.19. The first-order valence-corrected chi connectivity index (χ1v) is 7.81. The van der Waals surface area contributed by atoms with E-state index in [1.165, 1.54) is 11.1 Å². The monoisotopic (exact) mass is 297 g/mol. The summed E-state index contributed by atoms with van der Waals surface area (Å²) in [5, 5.41) is 0. The summed E-state index contributed by atoms with van der Waals surface area (Å²) < 4.78 is 0. The summed E-state index contributed by atoms with van der Waals surface area (Å²) in [6, 6.07) is 0. The van der Waals surface area contributed by atoms with E-state index in [4.69, 9.17) is 4.98 Å². The van der Waals surface area contributed by atoms with Gasteiger partial charge in [-0.2, -0.15) is 0 Å². The minimum atomic E-state index is -0.0253. The third kappa shape index (κ3) is 2.67. The molecule has 2 aromatic rings. The molecule has 22 heavy (non-hydrogen) atoms. The van der Waals surface area contributed by atoms with Crippen LogP contribution in [0.4, 0.5) is 5.82 Å². The molecule has 0 saturated heterocycles. The minimum Gasteiger partial charge on any atom is -0.346 e. The summed E-state index contributed by atoms with van der Waals surface area (Å²) in [7, 11) is 0. The van der Waals surface area contributed by atoms with E-state index < -0.39 is 0 Å². The van der Waals surface area contributed by atoms with Crippen molar-refractivity contribution in [1.82, 2.24) is 19.9 Å². The van der Waals surface area contributed by atoms with E-state index in [0.29, 0.717) is 0 Å². The molecule has 5 nitrogen and oxygen atoms in total. The molecule has 0 bridgehead atoms. The van der Waals surface area contributed by atoms with Gasteiger partial charge in [-0.3, -0.25) is 0 Å². The molecule has 0 spiro atoms. The molecule has 1 aliphatic rings. The summed E-state index contributed by atoms with van der Waals surface area (Å²) in [5.41, 5.74) is 3.48. The molecule has 5 heteroatoms. The maximum atomic E-state index is 4.78. The van der Waals surface area contributed by atoms with E-state index in [1.54, 1.807) is 0 Å². The average molecular weight is 297 g/mol. The number of hydrogen-bond donors (Lipinski definition) is 0. The van der Waals surface area contributed by atoms with Crippen LogP contribution in [0, 0.1) is 6.92 Å². The molecule has 0 unspecified atom stereocenters. The predicted molar refractivity (Wildman–Crippen MR) is 86.8 cm³/mol. The summed E-state index contributed by atoms with van der Waals surface area (Å²) >= 11 is 0. The van der Waals surface area contributed by atoms with Crippen LogP contribution in [0.1, 0.15) is 56.2 Å². The first kappa shape index (κ1) is 14.9. The van der Waals surface area contributed by atoms with Crippen LogP contribution >= 0.6 is 0 Å². The Labute approximate surface area is 131 Å². The number of rotatable bonds is 2. The van der Waals surface area contributed by atoms with Crippen molar-refractivity contribution in [3.05, 3.63) is 40.9 Å². The van der Waals surface area contributed by atoms with Crippen LogP contribution in [0.3, 0.4) is 0 Å². The highest BCUT2D eigenvalue weighted by atomic mass is 15.2. The normalized spacial score (nSPS) is 14.3. The van der Waals surface area contributed by atoms with Crippen LogP contribution in [-0.4, -0.2) is 19.9 Å². The zero-order chi connectivity index (χ0) is 15.9. The van der Waals surface area contributed by atoms with Gasteiger partial charge in [0.15, 0.2) is 0 Å². The third-order valence-corrected chi connectivity index (χ3v) is 3.97. The van der Waals surface area contributed by atoms with E-state index in [9.17, 15) is 0 Å². The van der Waals surface area contributed by atoms with E-state index in [1.807, 2.05) is 19.3 Å². The minimum absolute atomic E-state index is 0.0253. The second-order valence-electron chi connectivity index (χ2n) is 6.89. The van der Waals surface area contributed by atoms with Crippen LogP contribution in [0.25, 0.3) is 0 Å². The van der Waals surface area contributed by atoms with Gasteiger partial charge >= 0.3 is 0 Å². The van der Waals surface area contributed by atoms with E-state index in [-0.39, 0.29) is 5.41 Å². The van der Waals surface area contributed by atoms with Gasteiger partial charge in [-0.15, -0.1) is 0 Å². The summed E-state index contributed by atoms with van der Waals surface area (Å²) in [5.74, 6) is 2.75. The molecular formula is C17H23N5. The van der Waals surface area contributed by atoms with Gasteiger partial charge in [0.2, 0.25) is 0 Å². The number of nitrogens with zero attached hydrogens (tertiary/aromatic N) is 5. The fourth-order valence-corrected chi connectivity index (χ4v) is 2.67. The van der Waals surface area contributed by atoms with Crippen molar-refractivity contribution < 1.29 is 0 Å². The van der Waals surface area contributed by atoms with Crippen molar-refractivity contribution in [2.45, 2.75) is 59.5 Å². The summed E-state index contributed by atoms with van der Waals surface area (Å²) in [4.78, 5) is 20.6. The number of aryl methyl sites for hydroxylation is 2. The molecule has 0 radical (unpaired) electrons. The largest absolute Gasteiger partial charge is 0.346 e. The van der Waals surface area contributed by atoms with Crippen molar-refractivity contribution >= 4 is 5.82 Å². The van der Waals surface area contributed by atoms with Crippen LogP contribution in [0.5, 0.6) is 0 Å². The van der Waals surface area contributed by atoms with E-state index in [0.717, 1.165) is 42.7 Å². The van der Waals surface area contributed by atoms with Gasteiger partial charge in [0.25, 0.3) is 0 Å². The zero-order valence-electron chi connectivity index (χ0n) is 14.0. The lowest BCUT2D eigenvalue weighted by Crippen LogP contribution is -2.19. The van der Waals surface area contributed by atoms with Gasteiger partial charge in [0.1, 0.15) is 17.5 Å². The van der Waals surface area contributed by atoms with Gasteiger partial charge < -0.3 is 4.90 Å². The van der Waals surface area contributed by atoms with Gasteiger partial charge in [-0.05, 0) is 13.3 Å². The first-order chi connectivity index (χ1) is 10.4. The number of fused-ring (bicyclic) bond motifs is 1. The molecule has 1 aliphatic heterocycles. The molecule has 0 saturated carbocycles. The fraction of sp³-hybridized carbons (Fsp3) is 0.529. The number of anilines is 1. The average Bonchev–Trinajstić information content (AvgIpc) is 2.89. The lowest BCUT2D eigenvalue weighted by atomic mass is 9.95. The highest BCUT2D eigenvalue weighted by Crippen LogP contribution is 2.29. The Balaban J connectivity index is 1.93. The van der Waals surface area contributed by atoms with Crippen molar-refractivity contribution in [3.63, 3.8) is 0 Å². The molecule has 0 fully saturated rings. The number of hydrogen-bond acceptors (Lipinski definition) is 5. The van der Waals surface area contributed by atoms with Gasteiger partial charge in [0, 0.05) is 35.5 Å². The maximum Gasteiger partial charge on any atom is 0.136 e. The topological polar surface area (TPSA) is 54.8 Å². The van der Waals surface area contributed by atoms with Crippen molar-refractivity contribution in [3.8, 4) is 0 Å². The quantitative estimate of drug-likeness (QED) is 0.853. The summed E-state index contributed by atoms with van der Waals surface area (Å²) in [6.45, 7) is 12.1. The Kier molecular flexibility index (Phi) is 3.59. The highest BCUT2D eigenvalue weighted by molar-refractivity contribution is 5.50. The van der Waals surface area contributed by atoms with Crippen LogP contribution in [0.2, 0.25) is 0 Å². The maximum absolute atomic E-state index is 4.78. The molecule has 116 valence electrons. The molecule has 0 aliphatic carbocycles. The SMILES string of the molecule is CCc1cnc(C)nc1N1Cc2cnc(C(C)(C)C)nc2C1. The second-order valence-corrected chi connectivity index (χ2v) is 6.89. The second kappa shape index (κ2) is 5.30. The van der Waals surface area contributed by atoms with Crippen LogP contribution in [-0.2, 0) is 24.9 Å². The van der Waals surface area contributed by atoms with Crippen LogP contribution < -0.4 is 4.90 Å². The molecule has 3 rings (SSSR count). The molecule has 0 amide bonds. The zero-order valence-corrected chi connectivity index (χ0v) is 14.0. The van der Waals surface area contributed by atoms with E-state index >= 15 is 0 Å². The number of aromatic nitrogens is 4. The Morgan fingerprint density at radius 3 is 2.55 bits per heavy atom. The molecule has 3 heterocycles. The predicted octanol–water partition coefficient (Wildman–Crippen LogP) is 2.96. The van der Waals surface area contributed by atoms with Crippen molar-refractivity contribution in [2.24, 2.45) is 0 Å². The summed E-state index contributed by atoms with van der Waals surface area (Å²) in [6.07, 6.45) is 4.84. The standard InChI is InChI=1S/C17H23N5/c1-6-12-7-18-11(2)20-15(12)22-9-13-8-19-16(17(3,4)5)21-14(13)10-22/h7-8H,6,9-10H2,1-5H3. The molecule has 0 aromatic carbocycles. The first-order valence-electron chi connectivity index (χ1n) is 7.81. The van der Waals surface area contributed by atoms with Crippen molar-refractivity contribution in [1.29, 1.82) is 0 Å².